The molecule has 0 spiro atoms. The van der Waals surface area contributed by atoms with E-state index in [4.69, 9.17) is 0 Å². The maximum absolute atomic E-state index is 10.0. The molecule has 1 heterocycles. The number of hydrogen-bond donors (Lipinski definition) is 0. The van der Waals surface area contributed by atoms with E-state index in [1.165, 1.54) is 25.7 Å². The molecule has 0 aliphatic carbocycles. The molecule has 1 aliphatic rings. The maximum Gasteiger partial charge on any atom is 0.314 e. The lowest BCUT2D eigenvalue weighted by Gasteiger charge is -1.87. The van der Waals surface area contributed by atoms with Crippen molar-refractivity contribution in [2.75, 3.05) is 0 Å². The third-order valence-electron chi connectivity index (χ3n) is 1.77. The van der Waals surface area contributed by atoms with Crippen molar-refractivity contribution in [2.24, 2.45) is 0 Å². The molecule has 0 aromatic heterocycles. The Labute approximate surface area is 85.1 Å². The zero-order valence-electron chi connectivity index (χ0n) is 8.75. The summed E-state index contributed by atoms with van der Waals surface area (Å²) in [5, 5.41) is 0. The van der Waals surface area contributed by atoms with E-state index in [1.807, 2.05) is 6.08 Å². The second kappa shape index (κ2) is 8.48. The smallest absolute Gasteiger partial charge is 0.314 e. The molecule has 0 saturated carbocycles. The van der Waals surface area contributed by atoms with Crippen LogP contribution >= 0.6 is 0 Å². The van der Waals surface area contributed by atoms with Crippen LogP contribution in [0.3, 0.4) is 0 Å². The Kier molecular flexibility index (Phi) is 7.80. The molecule has 3 heteroatoms. The first-order valence-corrected chi connectivity index (χ1v) is 5.05. The second-order valence-corrected chi connectivity index (χ2v) is 3.13. The van der Waals surface area contributed by atoms with Gasteiger partial charge in [-0.3, -0.25) is 9.59 Å². The van der Waals surface area contributed by atoms with E-state index in [-0.39, 0.29) is 12.8 Å². The molecule has 14 heavy (non-hydrogen) atoms. The minimum atomic E-state index is -0.398. The maximum atomic E-state index is 10.0. The van der Waals surface area contributed by atoms with Crippen LogP contribution in [0.1, 0.15) is 45.4 Å². The summed E-state index contributed by atoms with van der Waals surface area (Å²) >= 11 is 0. The van der Waals surface area contributed by atoms with Crippen molar-refractivity contribution < 1.29 is 14.3 Å². The van der Waals surface area contributed by atoms with Crippen molar-refractivity contribution in [3.63, 3.8) is 0 Å². The van der Waals surface area contributed by atoms with E-state index in [2.05, 4.69) is 18.2 Å². The zero-order chi connectivity index (χ0) is 10.8. The fourth-order valence-electron chi connectivity index (χ4n) is 0.972. The Morgan fingerprint density at radius 1 is 1.29 bits per heavy atom. The van der Waals surface area contributed by atoms with Crippen molar-refractivity contribution in [1.82, 2.24) is 0 Å². The molecule has 3 nitrogen and oxygen atoms in total. The average molecular weight is 198 g/mol. The molecule has 0 atom stereocenters. The fraction of sp³-hybridized carbons (Fsp3) is 0.636. The molecule has 80 valence electrons. The summed E-state index contributed by atoms with van der Waals surface area (Å²) in [5.74, 6) is -0.796. The number of esters is 2. The van der Waals surface area contributed by atoms with Crippen LogP contribution in [-0.4, -0.2) is 11.9 Å². The highest BCUT2D eigenvalue weighted by atomic mass is 16.6. The van der Waals surface area contributed by atoms with Gasteiger partial charge in [0, 0.05) is 0 Å². The third kappa shape index (κ3) is 7.53. The van der Waals surface area contributed by atoms with Crippen LogP contribution in [0, 0.1) is 0 Å². The van der Waals surface area contributed by atoms with Crippen LogP contribution in [0.2, 0.25) is 0 Å². The van der Waals surface area contributed by atoms with Gasteiger partial charge in [0.1, 0.15) is 0 Å². The van der Waals surface area contributed by atoms with Crippen LogP contribution in [0.25, 0.3) is 0 Å². The van der Waals surface area contributed by atoms with Gasteiger partial charge in [0.25, 0.3) is 0 Å². The fourth-order valence-corrected chi connectivity index (χ4v) is 0.972. The van der Waals surface area contributed by atoms with Crippen LogP contribution < -0.4 is 0 Å². The van der Waals surface area contributed by atoms with Crippen molar-refractivity contribution >= 4 is 11.9 Å². The topological polar surface area (TPSA) is 43.4 Å². The van der Waals surface area contributed by atoms with Gasteiger partial charge in [0.05, 0.1) is 12.8 Å². The van der Waals surface area contributed by atoms with E-state index in [0.29, 0.717) is 0 Å². The van der Waals surface area contributed by atoms with Gasteiger partial charge in [-0.1, -0.05) is 25.8 Å². The van der Waals surface area contributed by atoms with E-state index in [0.717, 1.165) is 0 Å². The summed E-state index contributed by atoms with van der Waals surface area (Å²) < 4.78 is 4.08. The molecular weight excluding hydrogens is 180 g/mol. The van der Waals surface area contributed by atoms with Gasteiger partial charge in [0.2, 0.25) is 0 Å². The summed E-state index contributed by atoms with van der Waals surface area (Å²) in [7, 11) is 0. The number of carbonyl (C=O) groups excluding carboxylic acids is 2. The number of carbonyl (C=O) groups is 2. The van der Waals surface area contributed by atoms with Crippen LogP contribution in [0.15, 0.2) is 12.7 Å². The lowest BCUT2D eigenvalue weighted by Crippen LogP contribution is -1.94. The molecule has 1 rings (SSSR count). The van der Waals surface area contributed by atoms with Gasteiger partial charge in [-0.15, -0.1) is 6.58 Å². The summed E-state index contributed by atoms with van der Waals surface area (Å²) in [6.45, 7) is 5.84. The first kappa shape index (κ1) is 12.9. The Balaban J connectivity index is 0.000000241. The number of unbranched alkanes of at least 4 members (excludes halogenated alkanes) is 3. The van der Waals surface area contributed by atoms with Crippen molar-refractivity contribution in [3.8, 4) is 0 Å². The number of rotatable bonds is 4. The quantitative estimate of drug-likeness (QED) is 0.302. The van der Waals surface area contributed by atoms with Crippen LogP contribution in [-0.2, 0) is 14.3 Å². The van der Waals surface area contributed by atoms with Crippen LogP contribution in [0.5, 0.6) is 0 Å². The molecule has 0 amide bonds. The summed E-state index contributed by atoms with van der Waals surface area (Å²) in [6.07, 6.45) is 7.68. The molecule has 1 aliphatic heterocycles. The monoisotopic (exact) mass is 198 g/mol. The molecule has 0 N–H and O–H groups in total. The predicted molar refractivity (Wildman–Crippen MR) is 54.7 cm³/mol. The summed E-state index contributed by atoms with van der Waals surface area (Å²) in [4.78, 5) is 20.0. The highest BCUT2D eigenvalue weighted by Gasteiger charge is 2.19. The molecule has 0 bridgehead atoms. The number of allylic oxidation sites excluding steroid dienone is 1. The Morgan fingerprint density at radius 3 is 2.14 bits per heavy atom. The Hall–Kier alpha value is -1.12. The molecule has 1 fully saturated rings. The number of cyclic esters (lactones) is 2. The highest BCUT2D eigenvalue weighted by molar-refractivity contribution is 5.92. The Bertz CT molecular complexity index is 183. The van der Waals surface area contributed by atoms with Crippen molar-refractivity contribution in [2.45, 2.75) is 45.4 Å². The lowest BCUT2D eigenvalue weighted by atomic mass is 10.2. The van der Waals surface area contributed by atoms with Gasteiger partial charge in [-0.2, -0.15) is 0 Å². The van der Waals surface area contributed by atoms with E-state index < -0.39 is 11.9 Å². The molecular formula is C11H18O3. The normalized spacial score (nSPS) is 14.4. The Morgan fingerprint density at radius 2 is 1.86 bits per heavy atom. The minimum absolute atomic E-state index is 0.263. The molecule has 0 aromatic carbocycles. The molecule has 1 saturated heterocycles. The van der Waals surface area contributed by atoms with Crippen molar-refractivity contribution in [1.29, 1.82) is 0 Å². The van der Waals surface area contributed by atoms with E-state index >= 15 is 0 Å². The zero-order valence-corrected chi connectivity index (χ0v) is 8.75. The summed E-state index contributed by atoms with van der Waals surface area (Å²) in [5.41, 5.74) is 0. The molecule has 0 radical (unpaired) electrons. The minimum Gasteiger partial charge on any atom is -0.393 e. The first-order chi connectivity index (χ1) is 6.70. The molecule has 0 aromatic rings. The van der Waals surface area contributed by atoms with Gasteiger partial charge in [-0.05, 0) is 12.8 Å². The number of hydrogen-bond acceptors (Lipinski definition) is 3. The van der Waals surface area contributed by atoms with Crippen LogP contribution in [0.4, 0.5) is 0 Å². The van der Waals surface area contributed by atoms with Gasteiger partial charge >= 0.3 is 11.9 Å². The van der Waals surface area contributed by atoms with Crippen molar-refractivity contribution in [3.05, 3.63) is 12.7 Å². The second-order valence-electron chi connectivity index (χ2n) is 3.13. The summed E-state index contributed by atoms with van der Waals surface area (Å²) in [6, 6.07) is 0. The van der Waals surface area contributed by atoms with Gasteiger partial charge < -0.3 is 4.74 Å². The van der Waals surface area contributed by atoms with Gasteiger partial charge in [0.15, 0.2) is 0 Å². The first-order valence-electron chi connectivity index (χ1n) is 5.05. The highest BCUT2D eigenvalue weighted by Crippen LogP contribution is 2.03. The standard InChI is InChI=1S/C7H14.C4H4O3/c1-3-5-7-6-4-2;5-3-1-2-4(6)7-3/h3H,1,4-7H2,2H3;1-2H2. The SMILES string of the molecule is C=CCCCCC.O=C1CCC(=O)O1. The number of ether oxygens (including phenoxy) is 1. The largest absolute Gasteiger partial charge is 0.393 e. The third-order valence-corrected chi connectivity index (χ3v) is 1.77. The lowest BCUT2D eigenvalue weighted by molar-refractivity contribution is -0.151. The average Bonchev–Trinajstić information content (AvgIpc) is 2.52. The molecule has 0 unspecified atom stereocenters. The van der Waals surface area contributed by atoms with E-state index in [1.54, 1.807) is 0 Å². The predicted octanol–water partition coefficient (Wildman–Crippen LogP) is 2.60. The van der Waals surface area contributed by atoms with E-state index in [9.17, 15) is 9.59 Å². The van der Waals surface area contributed by atoms with Gasteiger partial charge in [-0.25, -0.2) is 0 Å².